The third kappa shape index (κ3) is 5.13. The summed E-state index contributed by atoms with van der Waals surface area (Å²) in [7, 11) is 0. The summed E-state index contributed by atoms with van der Waals surface area (Å²) < 4.78 is 5.45. The molecule has 0 radical (unpaired) electrons. The van der Waals surface area contributed by atoms with Crippen LogP contribution >= 0.6 is 0 Å². The van der Waals surface area contributed by atoms with E-state index >= 15 is 0 Å². The van der Waals surface area contributed by atoms with Crippen LogP contribution in [-0.2, 0) is 16.1 Å². The molecule has 0 aliphatic rings. The standard InChI is InChI=1S/C13H16O2/c1-12(10-14)6-5-9-15-11-13-7-3-2-4-8-13/h2-4,6-8,10H,5,9,11H2,1H3. The lowest BCUT2D eigenvalue weighted by molar-refractivity contribution is -0.104. The zero-order chi connectivity index (χ0) is 10.9. The van der Waals surface area contributed by atoms with Crippen LogP contribution in [0.25, 0.3) is 0 Å². The van der Waals surface area contributed by atoms with Crippen LogP contribution in [0.5, 0.6) is 0 Å². The van der Waals surface area contributed by atoms with Crippen molar-refractivity contribution in [2.75, 3.05) is 6.61 Å². The summed E-state index contributed by atoms with van der Waals surface area (Å²) >= 11 is 0. The molecule has 0 amide bonds. The number of allylic oxidation sites excluding steroid dienone is 1. The van der Waals surface area contributed by atoms with Crippen molar-refractivity contribution in [3.05, 3.63) is 47.5 Å². The molecule has 0 bridgehead atoms. The van der Waals surface area contributed by atoms with Crippen LogP contribution in [0.15, 0.2) is 42.0 Å². The molecule has 1 rings (SSSR count). The Balaban J connectivity index is 2.15. The largest absolute Gasteiger partial charge is 0.376 e. The first-order chi connectivity index (χ1) is 7.33. The highest BCUT2D eigenvalue weighted by Gasteiger charge is 1.91. The monoisotopic (exact) mass is 204 g/mol. The molecule has 0 aliphatic carbocycles. The Bertz CT molecular complexity index is 315. The van der Waals surface area contributed by atoms with E-state index in [1.807, 2.05) is 36.4 Å². The zero-order valence-corrected chi connectivity index (χ0v) is 8.98. The molecule has 0 aliphatic heterocycles. The number of rotatable bonds is 6. The maximum absolute atomic E-state index is 10.3. The van der Waals surface area contributed by atoms with Crippen LogP contribution in [0, 0.1) is 0 Å². The second-order valence-corrected chi connectivity index (χ2v) is 3.39. The van der Waals surface area contributed by atoms with Crippen molar-refractivity contribution in [3.8, 4) is 0 Å². The van der Waals surface area contributed by atoms with Crippen LogP contribution in [0.4, 0.5) is 0 Å². The van der Waals surface area contributed by atoms with Crippen molar-refractivity contribution in [1.29, 1.82) is 0 Å². The van der Waals surface area contributed by atoms with Crippen molar-refractivity contribution >= 4 is 6.29 Å². The maximum Gasteiger partial charge on any atom is 0.145 e. The molecule has 1 aromatic rings. The average molecular weight is 204 g/mol. The second kappa shape index (κ2) is 6.96. The molecule has 0 atom stereocenters. The van der Waals surface area contributed by atoms with E-state index in [0.717, 1.165) is 18.3 Å². The summed E-state index contributed by atoms with van der Waals surface area (Å²) in [5, 5.41) is 0. The highest BCUT2D eigenvalue weighted by atomic mass is 16.5. The Hall–Kier alpha value is -1.41. The Kier molecular flexibility index (Phi) is 5.41. The van der Waals surface area contributed by atoms with E-state index in [1.165, 1.54) is 5.56 Å². The number of ether oxygens (including phenoxy) is 1. The van der Waals surface area contributed by atoms with Gasteiger partial charge < -0.3 is 4.74 Å². The van der Waals surface area contributed by atoms with E-state index in [-0.39, 0.29) is 0 Å². The van der Waals surface area contributed by atoms with E-state index in [0.29, 0.717) is 13.2 Å². The van der Waals surface area contributed by atoms with Crippen LogP contribution in [0.3, 0.4) is 0 Å². The summed E-state index contributed by atoms with van der Waals surface area (Å²) in [6, 6.07) is 10.0. The summed E-state index contributed by atoms with van der Waals surface area (Å²) in [6.45, 7) is 3.08. The van der Waals surface area contributed by atoms with Gasteiger partial charge in [0, 0.05) is 0 Å². The molecule has 0 spiro atoms. The molecule has 1 aromatic carbocycles. The van der Waals surface area contributed by atoms with Crippen molar-refractivity contribution in [3.63, 3.8) is 0 Å². The van der Waals surface area contributed by atoms with Gasteiger partial charge in [0.05, 0.1) is 13.2 Å². The summed E-state index contributed by atoms with van der Waals surface area (Å²) in [4.78, 5) is 10.3. The Morgan fingerprint density at radius 2 is 2.07 bits per heavy atom. The van der Waals surface area contributed by atoms with E-state index in [1.54, 1.807) is 6.92 Å². The molecule has 80 valence electrons. The zero-order valence-electron chi connectivity index (χ0n) is 8.98. The number of carbonyl (C=O) groups is 1. The van der Waals surface area contributed by atoms with Gasteiger partial charge >= 0.3 is 0 Å². The van der Waals surface area contributed by atoms with Gasteiger partial charge in [-0.2, -0.15) is 0 Å². The lowest BCUT2D eigenvalue weighted by Gasteiger charge is -2.02. The highest BCUT2D eigenvalue weighted by molar-refractivity contribution is 5.71. The van der Waals surface area contributed by atoms with Gasteiger partial charge in [-0.1, -0.05) is 36.4 Å². The number of hydrogen-bond acceptors (Lipinski definition) is 2. The predicted octanol–water partition coefficient (Wildman–Crippen LogP) is 2.74. The van der Waals surface area contributed by atoms with Gasteiger partial charge in [-0.15, -0.1) is 0 Å². The maximum atomic E-state index is 10.3. The minimum Gasteiger partial charge on any atom is -0.376 e. The molecule has 0 aromatic heterocycles. The quantitative estimate of drug-likeness (QED) is 0.404. The number of aldehydes is 1. The molecule has 2 nitrogen and oxygen atoms in total. The van der Waals surface area contributed by atoms with Gasteiger partial charge in [-0.25, -0.2) is 0 Å². The molecule has 2 heteroatoms. The van der Waals surface area contributed by atoms with Crippen molar-refractivity contribution in [2.45, 2.75) is 20.0 Å². The first-order valence-electron chi connectivity index (χ1n) is 5.06. The van der Waals surface area contributed by atoms with E-state index in [4.69, 9.17) is 4.74 Å². The molecule has 0 fully saturated rings. The minimum absolute atomic E-state index is 0.634. The molecular weight excluding hydrogens is 188 g/mol. The summed E-state index contributed by atoms with van der Waals surface area (Å²) in [6.07, 6.45) is 3.53. The SMILES string of the molecule is CC(C=O)=CCCOCc1ccccc1. The van der Waals surface area contributed by atoms with Gasteiger partial charge in [0.2, 0.25) is 0 Å². The number of carbonyl (C=O) groups excluding carboxylic acids is 1. The van der Waals surface area contributed by atoms with Crippen molar-refractivity contribution in [2.24, 2.45) is 0 Å². The van der Waals surface area contributed by atoms with Gasteiger partial charge in [0.1, 0.15) is 6.29 Å². The minimum atomic E-state index is 0.634. The Morgan fingerprint density at radius 1 is 1.33 bits per heavy atom. The first kappa shape index (κ1) is 11.7. The lowest BCUT2D eigenvalue weighted by atomic mass is 10.2. The third-order valence-electron chi connectivity index (χ3n) is 2.03. The Labute approximate surface area is 90.6 Å². The van der Waals surface area contributed by atoms with Crippen molar-refractivity contribution in [1.82, 2.24) is 0 Å². The average Bonchev–Trinajstić information content (AvgIpc) is 2.29. The fourth-order valence-electron chi connectivity index (χ4n) is 1.18. The van der Waals surface area contributed by atoms with Crippen LogP contribution in [0.1, 0.15) is 18.9 Å². The fourth-order valence-corrected chi connectivity index (χ4v) is 1.18. The Morgan fingerprint density at radius 3 is 2.73 bits per heavy atom. The van der Waals surface area contributed by atoms with Crippen LogP contribution < -0.4 is 0 Å². The molecule has 0 saturated heterocycles. The molecular formula is C13H16O2. The van der Waals surface area contributed by atoms with E-state index in [9.17, 15) is 4.79 Å². The predicted molar refractivity (Wildman–Crippen MR) is 60.5 cm³/mol. The van der Waals surface area contributed by atoms with E-state index < -0.39 is 0 Å². The lowest BCUT2D eigenvalue weighted by Crippen LogP contribution is -1.94. The molecule has 0 N–H and O–H groups in total. The summed E-state index contributed by atoms with van der Waals surface area (Å²) in [5.74, 6) is 0. The van der Waals surface area contributed by atoms with Gasteiger partial charge in [0.25, 0.3) is 0 Å². The van der Waals surface area contributed by atoms with Gasteiger partial charge in [-0.3, -0.25) is 4.79 Å². The smallest absolute Gasteiger partial charge is 0.145 e. The highest BCUT2D eigenvalue weighted by Crippen LogP contribution is 2.01. The topological polar surface area (TPSA) is 26.3 Å². The van der Waals surface area contributed by atoms with E-state index in [2.05, 4.69) is 0 Å². The van der Waals surface area contributed by atoms with Crippen LogP contribution in [0.2, 0.25) is 0 Å². The number of hydrogen-bond donors (Lipinski definition) is 0. The normalized spacial score (nSPS) is 11.4. The first-order valence-corrected chi connectivity index (χ1v) is 5.06. The molecule has 0 heterocycles. The molecule has 0 unspecified atom stereocenters. The number of benzene rings is 1. The fraction of sp³-hybridized carbons (Fsp3) is 0.308. The molecule has 15 heavy (non-hydrogen) atoms. The van der Waals surface area contributed by atoms with Gasteiger partial charge in [0.15, 0.2) is 0 Å². The van der Waals surface area contributed by atoms with Crippen LogP contribution in [-0.4, -0.2) is 12.9 Å². The van der Waals surface area contributed by atoms with Crippen molar-refractivity contribution < 1.29 is 9.53 Å². The summed E-state index contributed by atoms with van der Waals surface area (Å²) in [5.41, 5.74) is 1.94. The molecule has 0 saturated carbocycles. The third-order valence-corrected chi connectivity index (χ3v) is 2.03. The van der Waals surface area contributed by atoms with Gasteiger partial charge in [-0.05, 0) is 24.5 Å². The second-order valence-electron chi connectivity index (χ2n) is 3.39.